The number of aliphatic hydroxyl groups is 1. The molecule has 0 bridgehead atoms. The van der Waals surface area contributed by atoms with E-state index in [2.05, 4.69) is 0 Å². The predicted molar refractivity (Wildman–Crippen MR) is 130 cm³/mol. The van der Waals surface area contributed by atoms with Crippen molar-refractivity contribution in [1.82, 2.24) is 4.57 Å². The van der Waals surface area contributed by atoms with Crippen LogP contribution in [0.4, 0.5) is 4.39 Å². The smallest absolute Gasteiger partial charge is 0.341 e. The normalized spacial score (nSPS) is 12.5. The Bertz CT molecular complexity index is 1260. The Labute approximate surface area is 198 Å². The SMILES string of the molecule is Cc1cccc(Cc2cc3c(=O)c(C(=O)O)cn([C@H](CO)CC(C)C)c3cc2OC(C)C)c1F. The summed E-state index contributed by atoms with van der Waals surface area (Å²) in [6.07, 6.45) is 1.89. The van der Waals surface area contributed by atoms with Gasteiger partial charge in [-0.05, 0) is 55.9 Å². The van der Waals surface area contributed by atoms with Gasteiger partial charge in [-0.2, -0.15) is 0 Å². The summed E-state index contributed by atoms with van der Waals surface area (Å²) < 4.78 is 22.5. The molecule has 3 aromatic rings. The molecule has 0 amide bonds. The van der Waals surface area contributed by atoms with Crippen molar-refractivity contribution in [2.45, 2.75) is 59.6 Å². The number of carboxylic acids is 1. The van der Waals surface area contributed by atoms with Crippen LogP contribution >= 0.6 is 0 Å². The predicted octanol–water partition coefficient (Wildman–Crippen LogP) is 5.10. The van der Waals surface area contributed by atoms with E-state index in [0.717, 1.165) is 0 Å². The third-order valence-electron chi connectivity index (χ3n) is 5.81. The van der Waals surface area contributed by atoms with Crippen molar-refractivity contribution in [2.75, 3.05) is 6.61 Å². The molecular formula is C27H32FNO5. The molecule has 6 nitrogen and oxygen atoms in total. The average Bonchev–Trinajstić information content (AvgIpc) is 2.75. The minimum absolute atomic E-state index is 0.178. The lowest BCUT2D eigenvalue weighted by atomic mass is 9.98. The lowest BCUT2D eigenvalue weighted by Gasteiger charge is -2.24. The minimum Gasteiger partial charge on any atom is -0.491 e. The molecule has 0 aliphatic heterocycles. The van der Waals surface area contributed by atoms with Crippen molar-refractivity contribution in [2.24, 2.45) is 5.92 Å². The Morgan fingerprint density at radius 2 is 1.85 bits per heavy atom. The number of fused-ring (bicyclic) bond motifs is 1. The van der Waals surface area contributed by atoms with Gasteiger partial charge >= 0.3 is 5.97 Å². The van der Waals surface area contributed by atoms with E-state index >= 15 is 0 Å². The van der Waals surface area contributed by atoms with E-state index in [1.165, 1.54) is 6.20 Å². The zero-order chi connectivity index (χ0) is 25.2. The van der Waals surface area contributed by atoms with Crippen molar-refractivity contribution >= 4 is 16.9 Å². The highest BCUT2D eigenvalue weighted by Crippen LogP contribution is 2.31. The van der Waals surface area contributed by atoms with Crippen molar-refractivity contribution in [3.8, 4) is 5.75 Å². The van der Waals surface area contributed by atoms with E-state index in [1.807, 2.05) is 27.7 Å². The van der Waals surface area contributed by atoms with Gasteiger partial charge in [0.25, 0.3) is 0 Å². The molecular weight excluding hydrogens is 437 g/mol. The molecule has 1 aromatic heterocycles. The van der Waals surface area contributed by atoms with E-state index in [9.17, 15) is 24.2 Å². The van der Waals surface area contributed by atoms with Gasteiger partial charge in [0.05, 0.1) is 24.3 Å². The summed E-state index contributed by atoms with van der Waals surface area (Å²) in [7, 11) is 0. The fourth-order valence-corrected chi connectivity index (χ4v) is 4.25. The first-order valence-electron chi connectivity index (χ1n) is 11.5. The number of hydrogen-bond donors (Lipinski definition) is 2. The average molecular weight is 470 g/mol. The number of benzene rings is 2. The summed E-state index contributed by atoms with van der Waals surface area (Å²) in [5, 5.41) is 20.0. The zero-order valence-corrected chi connectivity index (χ0v) is 20.3. The number of carbonyl (C=O) groups is 1. The summed E-state index contributed by atoms with van der Waals surface area (Å²) in [6.45, 7) is 9.23. The largest absolute Gasteiger partial charge is 0.491 e. The second-order valence-electron chi connectivity index (χ2n) is 9.42. The number of carboxylic acid groups (broad SMARTS) is 1. The molecule has 0 fully saturated rings. The maximum atomic E-state index is 14.8. The van der Waals surface area contributed by atoms with Crippen LogP contribution in [-0.2, 0) is 6.42 Å². The molecule has 0 saturated heterocycles. The van der Waals surface area contributed by atoms with Crippen LogP contribution in [0.25, 0.3) is 10.9 Å². The van der Waals surface area contributed by atoms with Crippen molar-refractivity contribution in [1.29, 1.82) is 0 Å². The lowest BCUT2D eigenvalue weighted by Crippen LogP contribution is -2.24. The van der Waals surface area contributed by atoms with Gasteiger partial charge in [-0.25, -0.2) is 9.18 Å². The monoisotopic (exact) mass is 469 g/mol. The summed E-state index contributed by atoms with van der Waals surface area (Å²) in [6, 6.07) is 8.02. The molecule has 7 heteroatoms. The number of ether oxygens (including phenoxy) is 1. The van der Waals surface area contributed by atoms with Crippen LogP contribution in [-0.4, -0.2) is 33.5 Å². The number of pyridine rings is 1. The molecule has 0 aliphatic carbocycles. The summed E-state index contributed by atoms with van der Waals surface area (Å²) in [4.78, 5) is 25.0. The van der Waals surface area contributed by atoms with Crippen LogP contribution in [0.2, 0.25) is 0 Å². The molecule has 0 spiro atoms. The minimum atomic E-state index is -1.34. The van der Waals surface area contributed by atoms with E-state index in [-0.39, 0.29) is 41.8 Å². The van der Waals surface area contributed by atoms with E-state index in [1.54, 1.807) is 41.8 Å². The number of aliphatic hydroxyl groups excluding tert-OH is 1. The molecule has 2 aromatic carbocycles. The van der Waals surface area contributed by atoms with Crippen LogP contribution in [0.5, 0.6) is 5.75 Å². The Morgan fingerprint density at radius 3 is 2.44 bits per heavy atom. The highest BCUT2D eigenvalue weighted by Gasteiger charge is 2.22. The van der Waals surface area contributed by atoms with Crippen molar-refractivity contribution < 1.29 is 24.1 Å². The molecule has 0 radical (unpaired) electrons. The molecule has 34 heavy (non-hydrogen) atoms. The highest BCUT2D eigenvalue weighted by molar-refractivity contribution is 5.93. The first-order chi connectivity index (χ1) is 16.0. The van der Waals surface area contributed by atoms with Gasteiger partial charge in [-0.1, -0.05) is 32.0 Å². The van der Waals surface area contributed by atoms with Crippen molar-refractivity contribution in [3.63, 3.8) is 0 Å². The Balaban J connectivity index is 2.33. The van der Waals surface area contributed by atoms with Gasteiger partial charge < -0.3 is 19.5 Å². The molecule has 0 unspecified atom stereocenters. The van der Waals surface area contributed by atoms with Crippen LogP contribution in [0.1, 0.15) is 67.2 Å². The first kappa shape index (κ1) is 25.4. The Morgan fingerprint density at radius 1 is 1.15 bits per heavy atom. The lowest BCUT2D eigenvalue weighted by molar-refractivity contribution is 0.0694. The maximum Gasteiger partial charge on any atom is 0.341 e. The van der Waals surface area contributed by atoms with Gasteiger partial charge in [-0.3, -0.25) is 4.79 Å². The van der Waals surface area contributed by atoms with E-state index < -0.39 is 17.4 Å². The van der Waals surface area contributed by atoms with Crippen LogP contribution in [0.3, 0.4) is 0 Å². The van der Waals surface area contributed by atoms with Gasteiger partial charge in [-0.15, -0.1) is 0 Å². The molecule has 182 valence electrons. The number of halogens is 1. The van der Waals surface area contributed by atoms with E-state index in [4.69, 9.17) is 4.74 Å². The number of hydrogen-bond acceptors (Lipinski definition) is 4. The number of aryl methyl sites for hydroxylation is 1. The molecule has 1 atom stereocenters. The van der Waals surface area contributed by atoms with E-state index in [0.29, 0.717) is 34.4 Å². The first-order valence-corrected chi connectivity index (χ1v) is 11.5. The van der Waals surface area contributed by atoms with Gasteiger partial charge in [0.2, 0.25) is 5.43 Å². The Hall–Kier alpha value is -3.19. The number of rotatable bonds is 9. The molecule has 3 rings (SSSR count). The molecule has 2 N–H and O–H groups in total. The molecule has 0 aliphatic rings. The number of aromatic carboxylic acids is 1. The summed E-state index contributed by atoms with van der Waals surface area (Å²) >= 11 is 0. The second-order valence-corrected chi connectivity index (χ2v) is 9.42. The summed E-state index contributed by atoms with van der Waals surface area (Å²) in [5.74, 6) is -0.946. The Kier molecular flexibility index (Phi) is 7.77. The maximum absolute atomic E-state index is 14.8. The topological polar surface area (TPSA) is 88.8 Å². The second kappa shape index (κ2) is 10.4. The summed E-state index contributed by atoms with van der Waals surface area (Å²) in [5.41, 5.74) is 1.03. The molecule has 0 saturated carbocycles. The number of aromatic nitrogens is 1. The van der Waals surface area contributed by atoms with Gasteiger partial charge in [0.15, 0.2) is 0 Å². The standard InChI is InChI=1S/C27H32FNO5/c1-15(2)9-20(14-30)29-13-22(27(32)33)26(31)21-11-19(24(12-23(21)29)34-16(3)4)10-18-8-6-7-17(5)25(18)28/h6-8,11-13,15-16,20,30H,9-10,14H2,1-5H3,(H,32,33)/t20-/m0/s1. The fraction of sp³-hybridized carbons (Fsp3) is 0.407. The zero-order valence-electron chi connectivity index (χ0n) is 20.3. The van der Waals surface area contributed by atoms with Crippen LogP contribution < -0.4 is 10.2 Å². The third kappa shape index (κ3) is 5.30. The van der Waals surface area contributed by atoms with Crippen molar-refractivity contribution in [3.05, 3.63) is 74.8 Å². The van der Waals surface area contributed by atoms with Crippen LogP contribution in [0, 0.1) is 18.7 Å². The highest BCUT2D eigenvalue weighted by atomic mass is 19.1. The number of nitrogens with zero attached hydrogens (tertiary/aromatic N) is 1. The fourth-order valence-electron chi connectivity index (χ4n) is 4.25. The molecule has 1 heterocycles. The third-order valence-corrected chi connectivity index (χ3v) is 5.81. The van der Waals surface area contributed by atoms with Crippen LogP contribution in [0.15, 0.2) is 41.3 Å². The quantitative estimate of drug-likeness (QED) is 0.455. The van der Waals surface area contributed by atoms with Gasteiger partial charge in [0, 0.05) is 24.1 Å². The van der Waals surface area contributed by atoms with Gasteiger partial charge in [0.1, 0.15) is 17.1 Å².